The lowest BCUT2D eigenvalue weighted by Crippen LogP contribution is -1.96. The van der Waals surface area contributed by atoms with E-state index in [-0.39, 0.29) is 0 Å². The zero-order valence-electron chi connectivity index (χ0n) is 8.75. The van der Waals surface area contributed by atoms with E-state index in [9.17, 15) is 0 Å². The molecule has 0 saturated carbocycles. The van der Waals surface area contributed by atoms with Crippen LogP contribution in [0.3, 0.4) is 0 Å². The second-order valence-electron chi connectivity index (χ2n) is 3.30. The first kappa shape index (κ1) is 12.8. The van der Waals surface area contributed by atoms with E-state index < -0.39 is 0 Å². The highest BCUT2D eigenvalue weighted by Gasteiger charge is 1.93. The third-order valence-corrected chi connectivity index (χ3v) is 3.07. The number of hydrogen-bond donors (Lipinski definition) is 1. The fourth-order valence-electron chi connectivity index (χ4n) is 1.06. The van der Waals surface area contributed by atoms with Crippen LogP contribution in [0.15, 0.2) is 5.16 Å². The summed E-state index contributed by atoms with van der Waals surface area (Å²) in [6, 6.07) is 0. The molecule has 0 atom stereocenters. The molecule has 0 rings (SSSR count). The van der Waals surface area contributed by atoms with Crippen LogP contribution in [-0.4, -0.2) is 22.4 Å². The van der Waals surface area contributed by atoms with Crippen LogP contribution in [-0.2, 0) is 0 Å². The Bertz CT molecular complexity index is 137. The van der Waals surface area contributed by atoms with Gasteiger partial charge in [-0.05, 0) is 19.1 Å². The predicted octanol–water partition coefficient (Wildman–Crippen LogP) is 3.54. The maximum Gasteiger partial charge on any atom is 0.0638 e. The Labute approximate surface area is 85.8 Å². The van der Waals surface area contributed by atoms with E-state index in [1.807, 2.05) is 18.7 Å². The number of unbranched alkanes of at least 4 members (excludes halogenated alkanes) is 4. The quantitative estimate of drug-likeness (QED) is 0.283. The second-order valence-corrected chi connectivity index (χ2v) is 4.41. The van der Waals surface area contributed by atoms with E-state index in [4.69, 9.17) is 5.21 Å². The molecule has 1 N–H and O–H groups in total. The number of oxime groups is 1. The van der Waals surface area contributed by atoms with Gasteiger partial charge in [-0.15, -0.1) is 0 Å². The molecule has 0 aliphatic carbocycles. The van der Waals surface area contributed by atoms with Crippen LogP contribution in [0, 0.1) is 0 Å². The molecule has 0 bridgehead atoms. The average Bonchev–Trinajstić information content (AvgIpc) is 2.16. The van der Waals surface area contributed by atoms with E-state index in [1.54, 1.807) is 0 Å². The molecule has 0 heterocycles. The summed E-state index contributed by atoms with van der Waals surface area (Å²) >= 11 is 1.85. The lowest BCUT2D eigenvalue weighted by atomic mass is 10.2. The molecule has 3 heteroatoms. The maximum absolute atomic E-state index is 8.38. The summed E-state index contributed by atoms with van der Waals surface area (Å²) in [6.45, 7) is 4.08. The highest BCUT2D eigenvalue weighted by atomic mass is 32.2. The molecule has 0 amide bonds. The van der Waals surface area contributed by atoms with Gasteiger partial charge < -0.3 is 5.21 Å². The van der Waals surface area contributed by atoms with Gasteiger partial charge in [-0.25, -0.2) is 0 Å². The van der Waals surface area contributed by atoms with Gasteiger partial charge in [0.05, 0.1) is 5.71 Å². The molecule has 0 aromatic carbocycles. The van der Waals surface area contributed by atoms with Crippen molar-refractivity contribution in [2.75, 3.05) is 11.5 Å². The van der Waals surface area contributed by atoms with E-state index in [0.717, 1.165) is 11.5 Å². The van der Waals surface area contributed by atoms with E-state index in [1.165, 1.54) is 37.9 Å². The first-order valence-corrected chi connectivity index (χ1v) is 6.22. The van der Waals surface area contributed by atoms with Crippen molar-refractivity contribution in [2.24, 2.45) is 5.16 Å². The summed E-state index contributed by atoms with van der Waals surface area (Å²) in [5.41, 5.74) is 0.818. The molecule has 0 aliphatic heterocycles. The van der Waals surface area contributed by atoms with E-state index >= 15 is 0 Å². The van der Waals surface area contributed by atoms with Crippen LogP contribution in [0.2, 0.25) is 0 Å². The molecule has 0 aliphatic rings. The van der Waals surface area contributed by atoms with Crippen molar-refractivity contribution in [2.45, 2.75) is 46.0 Å². The third-order valence-electron chi connectivity index (χ3n) is 1.87. The fourth-order valence-corrected chi connectivity index (χ4v) is 1.96. The Balaban J connectivity index is 3.00. The van der Waals surface area contributed by atoms with Gasteiger partial charge in [-0.1, -0.05) is 37.8 Å². The molecule has 0 saturated heterocycles. The molecule has 0 radical (unpaired) electrons. The van der Waals surface area contributed by atoms with Gasteiger partial charge in [0.1, 0.15) is 0 Å². The van der Waals surface area contributed by atoms with Crippen molar-refractivity contribution in [3.63, 3.8) is 0 Å². The normalized spacial score (nSPS) is 12.0. The zero-order chi connectivity index (χ0) is 9.94. The summed E-state index contributed by atoms with van der Waals surface area (Å²) in [4.78, 5) is 0. The largest absolute Gasteiger partial charge is 0.411 e. The summed E-state index contributed by atoms with van der Waals surface area (Å²) in [7, 11) is 0. The highest BCUT2D eigenvalue weighted by molar-refractivity contribution is 7.99. The topological polar surface area (TPSA) is 32.6 Å². The monoisotopic (exact) mass is 203 g/mol. The lowest BCUT2D eigenvalue weighted by Gasteiger charge is -2.00. The summed E-state index contributed by atoms with van der Waals surface area (Å²) in [5, 5.41) is 11.5. The van der Waals surface area contributed by atoms with Crippen molar-refractivity contribution in [3.8, 4) is 0 Å². The SMILES string of the molecule is CCCCCCCSC/C(C)=N\O. The van der Waals surface area contributed by atoms with Crippen molar-refractivity contribution >= 4 is 17.5 Å². The van der Waals surface area contributed by atoms with Crippen molar-refractivity contribution < 1.29 is 5.21 Å². The Hall–Kier alpha value is -0.180. The molecular weight excluding hydrogens is 182 g/mol. The van der Waals surface area contributed by atoms with Crippen LogP contribution in [0.4, 0.5) is 0 Å². The van der Waals surface area contributed by atoms with Crippen LogP contribution >= 0.6 is 11.8 Å². The number of rotatable bonds is 8. The summed E-state index contributed by atoms with van der Waals surface area (Å²) in [5.74, 6) is 2.06. The van der Waals surface area contributed by atoms with Gasteiger partial charge in [0.15, 0.2) is 0 Å². The van der Waals surface area contributed by atoms with Crippen LogP contribution in [0.1, 0.15) is 46.0 Å². The smallest absolute Gasteiger partial charge is 0.0638 e. The fraction of sp³-hybridized carbons (Fsp3) is 0.900. The first-order chi connectivity index (χ1) is 6.31. The Morgan fingerprint density at radius 2 is 1.92 bits per heavy atom. The zero-order valence-corrected chi connectivity index (χ0v) is 9.57. The van der Waals surface area contributed by atoms with E-state index in [2.05, 4.69) is 12.1 Å². The number of hydrogen-bond acceptors (Lipinski definition) is 3. The molecule has 0 aromatic heterocycles. The van der Waals surface area contributed by atoms with Gasteiger partial charge in [-0.3, -0.25) is 0 Å². The standard InChI is InChI=1S/C10H21NOS/c1-3-4-5-6-7-8-13-9-10(2)11-12/h12H,3-9H2,1-2H3/b11-10-. The average molecular weight is 203 g/mol. The van der Waals surface area contributed by atoms with Gasteiger partial charge in [0, 0.05) is 5.75 Å². The van der Waals surface area contributed by atoms with E-state index in [0.29, 0.717) is 0 Å². The lowest BCUT2D eigenvalue weighted by molar-refractivity contribution is 0.318. The predicted molar refractivity (Wildman–Crippen MR) is 61.0 cm³/mol. The summed E-state index contributed by atoms with van der Waals surface area (Å²) in [6.07, 6.45) is 6.68. The molecule has 0 spiro atoms. The van der Waals surface area contributed by atoms with Crippen molar-refractivity contribution in [1.82, 2.24) is 0 Å². The first-order valence-electron chi connectivity index (χ1n) is 5.06. The van der Waals surface area contributed by atoms with Crippen LogP contribution in [0.5, 0.6) is 0 Å². The van der Waals surface area contributed by atoms with Gasteiger partial charge in [-0.2, -0.15) is 11.8 Å². The maximum atomic E-state index is 8.38. The Kier molecular flexibility index (Phi) is 9.77. The Morgan fingerprint density at radius 1 is 1.23 bits per heavy atom. The third kappa shape index (κ3) is 9.74. The number of nitrogens with zero attached hydrogens (tertiary/aromatic N) is 1. The minimum Gasteiger partial charge on any atom is -0.411 e. The molecule has 0 fully saturated rings. The van der Waals surface area contributed by atoms with Crippen LogP contribution in [0.25, 0.3) is 0 Å². The highest BCUT2D eigenvalue weighted by Crippen LogP contribution is 2.08. The van der Waals surface area contributed by atoms with Gasteiger partial charge >= 0.3 is 0 Å². The summed E-state index contributed by atoms with van der Waals surface area (Å²) < 4.78 is 0. The van der Waals surface area contributed by atoms with Gasteiger partial charge in [0.2, 0.25) is 0 Å². The second kappa shape index (κ2) is 9.90. The van der Waals surface area contributed by atoms with Crippen LogP contribution < -0.4 is 0 Å². The minimum atomic E-state index is 0.818. The minimum absolute atomic E-state index is 0.818. The van der Waals surface area contributed by atoms with Crippen molar-refractivity contribution in [3.05, 3.63) is 0 Å². The van der Waals surface area contributed by atoms with Crippen molar-refractivity contribution in [1.29, 1.82) is 0 Å². The molecular formula is C10H21NOS. The molecule has 0 aromatic rings. The van der Waals surface area contributed by atoms with Gasteiger partial charge in [0.25, 0.3) is 0 Å². The molecule has 2 nitrogen and oxygen atoms in total. The molecule has 0 unspecified atom stereocenters. The number of thioether (sulfide) groups is 1. The Morgan fingerprint density at radius 3 is 2.54 bits per heavy atom. The molecule has 13 heavy (non-hydrogen) atoms. The molecule has 78 valence electrons.